The molecule has 0 amide bonds. The van der Waals surface area contributed by atoms with Gasteiger partial charge in [0.2, 0.25) is 0 Å². The third-order valence-corrected chi connectivity index (χ3v) is 4.72. The molecule has 1 heterocycles. The number of nitrogens with two attached hydrogens (primary N) is 1. The van der Waals surface area contributed by atoms with Gasteiger partial charge in [0.25, 0.3) is 10.0 Å². The van der Waals surface area contributed by atoms with Crippen LogP contribution in [0.2, 0.25) is 10.0 Å². The average molecular weight is 348 g/mol. The number of benzene rings is 1. The van der Waals surface area contributed by atoms with E-state index in [1.54, 1.807) is 16.8 Å². The molecule has 21 heavy (non-hydrogen) atoms. The Labute approximate surface area is 133 Å². The summed E-state index contributed by atoms with van der Waals surface area (Å²) >= 11 is 11.7. The maximum atomic E-state index is 12.4. The Balaban J connectivity index is 2.35. The van der Waals surface area contributed by atoms with Gasteiger partial charge in [-0.15, -0.1) is 0 Å². The van der Waals surface area contributed by atoms with E-state index in [0.717, 1.165) is 5.69 Å². The summed E-state index contributed by atoms with van der Waals surface area (Å²) in [6.07, 6.45) is 1.55. The summed E-state index contributed by atoms with van der Waals surface area (Å²) in [6, 6.07) is 6.07. The van der Waals surface area contributed by atoms with E-state index in [0.29, 0.717) is 22.3 Å². The highest BCUT2D eigenvalue weighted by molar-refractivity contribution is 7.92. The summed E-state index contributed by atoms with van der Waals surface area (Å²) < 4.78 is 29.0. The van der Waals surface area contributed by atoms with E-state index in [1.807, 2.05) is 6.92 Å². The van der Waals surface area contributed by atoms with Crippen LogP contribution < -0.4 is 10.5 Å². The number of nitrogens with one attached hydrogen (secondary N) is 1. The molecule has 5 nitrogen and oxygen atoms in total. The van der Waals surface area contributed by atoms with Crippen molar-refractivity contribution >= 4 is 38.9 Å². The predicted octanol–water partition coefficient (Wildman–Crippen LogP) is 3.07. The minimum absolute atomic E-state index is 0.154. The lowest BCUT2D eigenvalue weighted by molar-refractivity contribution is 0.600. The lowest BCUT2D eigenvalue weighted by Gasteiger charge is -2.07. The zero-order chi connectivity index (χ0) is 15.6. The standard InChI is InChI=1S/C13H15Cl2N3O2S/c1-2-18-8-13(6-12(18)7-16)21(19,20)17-11-4-9(14)3-10(15)5-11/h3-6,8,17H,2,7,16H2,1H3. The molecule has 0 spiro atoms. The Hall–Kier alpha value is -1.21. The third-order valence-electron chi connectivity index (χ3n) is 2.94. The molecule has 0 saturated heterocycles. The lowest BCUT2D eigenvalue weighted by Crippen LogP contribution is -2.12. The minimum atomic E-state index is -3.71. The molecule has 0 bridgehead atoms. The van der Waals surface area contributed by atoms with Crippen molar-refractivity contribution in [2.45, 2.75) is 24.9 Å². The molecule has 2 aromatic rings. The van der Waals surface area contributed by atoms with Crippen molar-refractivity contribution in [2.75, 3.05) is 4.72 Å². The van der Waals surface area contributed by atoms with Crippen LogP contribution in [-0.2, 0) is 23.1 Å². The molecule has 0 saturated carbocycles. The fourth-order valence-electron chi connectivity index (χ4n) is 1.97. The molecule has 0 aliphatic carbocycles. The molecule has 2 rings (SSSR count). The molecule has 8 heteroatoms. The van der Waals surface area contributed by atoms with Gasteiger partial charge in [-0.1, -0.05) is 23.2 Å². The van der Waals surface area contributed by atoms with Crippen LogP contribution in [0, 0.1) is 0 Å². The first-order chi connectivity index (χ1) is 9.85. The van der Waals surface area contributed by atoms with Crippen LogP contribution in [-0.4, -0.2) is 13.0 Å². The van der Waals surface area contributed by atoms with Crippen molar-refractivity contribution in [1.82, 2.24) is 4.57 Å². The van der Waals surface area contributed by atoms with Crippen LogP contribution >= 0.6 is 23.2 Å². The summed E-state index contributed by atoms with van der Waals surface area (Å²) in [5, 5.41) is 0.711. The first kappa shape index (κ1) is 16.2. The van der Waals surface area contributed by atoms with Crippen molar-refractivity contribution in [3.05, 3.63) is 46.2 Å². The number of anilines is 1. The second kappa shape index (κ2) is 6.27. The second-order valence-electron chi connectivity index (χ2n) is 4.42. The van der Waals surface area contributed by atoms with Crippen LogP contribution in [0.1, 0.15) is 12.6 Å². The number of sulfonamides is 1. The number of nitrogens with zero attached hydrogens (tertiary/aromatic N) is 1. The first-order valence-corrected chi connectivity index (χ1v) is 8.47. The fourth-order valence-corrected chi connectivity index (χ4v) is 3.59. The smallest absolute Gasteiger partial charge is 0.263 e. The zero-order valence-corrected chi connectivity index (χ0v) is 13.6. The van der Waals surface area contributed by atoms with E-state index in [9.17, 15) is 8.42 Å². The Kier molecular flexibility index (Phi) is 4.83. The van der Waals surface area contributed by atoms with Crippen molar-refractivity contribution in [3.63, 3.8) is 0 Å². The summed E-state index contributed by atoms with van der Waals surface area (Å²) in [5.74, 6) is 0. The number of halogens is 2. The second-order valence-corrected chi connectivity index (χ2v) is 6.98. The SMILES string of the molecule is CCn1cc(S(=O)(=O)Nc2cc(Cl)cc(Cl)c2)cc1CN. The van der Waals surface area contributed by atoms with E-state index < -0.39 is 10.0 Å². The topological polar surface area (TPSA) is 77.1 Å². The number of rotatable bonds is 5. The maximum Gasteiger partial charge on any atom is 0.263 e. The van der Waals surface area contributed by atoms with Crippen LogP contribution in [0.25, 0.3) is 0 Å². The Morgan fingerprint density at radius 1 is 1.19 bits per heavy atom. The first-order valence-electron chi connectivity index (χ1n) is 6.23. The molecule has 1 aromatic heterocycles. The molecular weight excluding hydrogens is 333 g/mol. The largest absolute Gasteiger partial charge is 0.349 e. The van der Waals surface area contributed by atoms with E-state index >= 15 is 0 Å². The fraction of sp³-hybridized carbons (Fsp3) is 0.231. The van der Waals surface area contributed by atoms with Gasteiger partial charge in [0, 0.05) is 35.0 Å². The summed E-state index contributed by atoms with van der Waals surface area (Å²) in [6.45, 7) is 2.83. The van der Waals surface area contributed by atoms with Gasteiger partial charge in [-0.25, -0.2) is 8.42 Å². The summed E-state index contributed by atoms with van der Waals surface area (Å²) in [4.78, 5) is 0.154. The van der Waals surface area contributed by atoms with Crippen LogP contribution in [0.5, 0.6) is 0 Å². The van der Waals surface area contributed by atoms with Crippen LogP contribution in [0.4, 0.5) is 5.69 Å². The molecule has 0 unspecified atom stereocenters. The third kappa shape index (κ3) is 3.71. The average Bonchev–Trinajstić information content (AvgIpc) is 2.80. The molecule has 0 aliphatic rings. The number of hydrogen-bond donors (Lipinski definition) is 2. The van der Waals surface area contributed by atoms with Gasteiger partial charge in [-0.2, -0.15) is 0 Å². The molecule has 0 fully saturated rings. The monoisotopic (exact) mass is 347 g/mol. The van der Waals surface area contributed by atoms with Crippen molar-refractivity contribution in [2.24, 2.45) is 5.73 Å². The molecule has 0 aliphatic heterocycles. The molecule has 0 atom stereocenters. The van der Waals surface area contributed by atoms with Gasteiger partial charge in [-0.05, 0) is 31.2 Å². The zero-order valence-electron chi connectivity index (χ0n) is 11.3. The van der Waals surface area contributed by atoms with E-state index in [2.05, 4.69) is 4.72 Å². The van der Waals surface area contributed by atoms with E-state index in [-0.39, 0.29) is 11.4 Å². The highest BCUT2D eigenvalue weighted by Gasteiger charge is 2.18. The minimum Gasteiger partial charge on any atom is -0.349 e. The van der Waals surface area contributed by atoms with Crippen molar-refractivity contribution in [3.8, 4) is 0 Å². The Morgan fingerprint density at radius 2 is 1.81 bits per heavy atom. The van der Waals surface area contributed by atoms with Crippen LogP contribution in [0.3, 0.4) is 0 Å². The van der Waals surface area contributed by atoms with Gasteiger partial charge >= 0.3 is 0 Å². The van der Waals surface area contributed by atoms with Gasteiger partial charge in [-0.3, -0.25) is 4.72 Å². The van der Waals surface area contributed by atoms with E-state index in [4.69, 9.17) is 28.9 Å². The van der Waals surface area contributed by atoms with Gasteiger partial charge in [0.05, 0.1) is 5.69 Å². The van der Waals surface area contributed by atoms with Gasteiger partial charge in [0.1, 0.15) is 4.90 Å². The Bertz CT molecular complexity index is 715. The van der Waals surface area contributed by atoms with Crippen molar-refractivity contribution < 1.29 is 8.42 Å². The number of aryl methyl sites for hydroxylation is 1. The van der Waals surface area contributed by atoms with Crippen molar-refractivity contribution in [1.29, 1.82) is 0 Å². The number of hydrogen-bond acceptors (Lipinski definition) is 3. The normalized spacial score (nSPS) is 11.6. The molecule has 1 aromatic carbocycles. The predicted molar refractivity (Wildman–Crippen MR) is 85.3 cm³/mol. The van der Waals surface area contributed by atoms with Gasteiger partial charge in [0.15, 0.2) is 0 Å². The highest BCUT2D eigenvalue weighted by atomic mass is 35.5. The maximum absolute atomic E-state index is 12.4. The summed E-state index contributed by atoms with van der Waals surface area (Å²) in [7, 11) is -3.71. The molecule has 3 N–H and O–H groups in total. The van der Waals surface area contributed by atoms with E-state index in [1.165, 1.54) is 18.2 Å². The summed E-state index contributed by atoms with van der Waals surface area (Å²) in [5.41, 5.74) is 6.67. The van der Waals surface area contributed by atoms with Crippen LogP contribution in [0.15, 0.2) is 35.4 Å². The quantitative estimate of drug-likeness (QED) is 0.872. The highest BCUT2D eigenvalue weighted by Crippen LogP contribution is 2.25. The lowest BCUT2D eigenvalue weighted by atomic mass is 10.3. The molecule has 114 valence electrons. The molecule has 0 radical (unpaired) electrons. The number of aromatic nitrogens is 1. The Morgan fingerprint density at radius 3 is 2.29 bits per heavy atom. The molecular formula is C13H15Cl2N3O2S. The van der Waals surface area contributed by atoms with Gasteiger partial charge < -0.3 is 10.3 Å².